The monoisotopic (exact) mass is 266 g/mol. The van der Waals surface area contributed by atoms with Gasteiger partial charge < -0.3 is 4.90 Å². The molecule has 4 heteroatoms. The van der Waals surface area contributed by atoms with Gasteiger partial charge in [-0.3, -0.25) is 4.79 Å². The number of carbonyl (C=O) groups is 1. The minimum Gasteiger partial charge on any atom is -0.303 e. The molecule has 0 atom stereocenters. The molecule has 0 unspecified atom stereocenters. The molecule has 1 aromatic rings. The van der Waals surface area contributed by atoms with Crippen LogP contribution in [0.25, 0.3) is 0 Å². The molecular weight excluding hydrogens is 244 g/mol. The lowest BCUT2D eigenvalue weighted by Gasteiger charge is -2.16. The minimum atomic E-state index is 0.184. The summed E-state index contributed by atoms with van der Waals surface area (Å²) in [5.74, 6) is 0.755. The molecule has 1 aliphatic carbocycles. The Morgan fingerprint density at radius 2 is 2.06 bits per heavy atom. The van der Waals surface area contributed by atoms with Crippen molar-refractivity contribution in [1.29, 1.82) is 0 Å². The summed E-state index contributed by atoms with van der Waals surface area (Å²) in [6.07, 6.45) is 3.39. The first-order chi connectivity index (χ1) is 8.65. The van der Waals surface area contributed by atoms with Crippen molar-refractivity contribution < 1.29 is 4.79 Å². The Labute approximate surface area is 113 Å². The van der Waals surface area contributed by atoms with Crippen molar-refractivity contribution in [2.75, 3.05) is 19.6 Å². The minimum absolute atomic E-state index is 0.184. The van der Waals surface area contributed by atoms with Crippen molar-refractivity contribution in [3.05, 3.63) is 15.6 Å². The fraction of sp³-hybridized carbons (Fsp3) is 0.714. The number of likely N-dealkylation sites (N-methyl/N-ethyl adjacent to an activating group) is 1. The second kappa shape index (κ2) is 5.93. The zero-order chi connectivity index (χ0) is 13.1. The first-order valence-corrected chi connectivity index (χ1v) is 7.70. The van der Waals surface area contributed by atoms with E-state index in [9.17, 15) is 4.79 Å². The van der Waals surface area contributed by atoms with Gasteiger partial charge in [0.05, 0.1) is 15.6 Å². The molecule has 18 heavy (non-hydrogen) atoms. The summed E-state index contributed by atoms with van der Waals surface area (Å²) >= 11 is 1.61. The highest BCUT2D eigenvalue weighted by Crippen LogP contribution is 2.42. The van der Waals surface area contributed by atoms with Gasteiger partial charge >= 0.3 is 0 Å². The molecule has 0 aromatic carbocycles. The van der Waals surface area contributed by atoms with E-state index in [1.54, 1.807) is 18.3 Å². The third kappa shape index (κ3) is 3.18. The third-order valence-electron chi connectivity index (χ3n) is 3.52. The normalized spacial score (nSPS) is 15.3. The van der Waals surface area contributed by atoms with E-state index < -0.39 is 0 Å². The first kappa shape index (κ1) is 13.7. The van der Waals surface area contributed by atoms with Gasteiger partial charge in [0, 0.05) is 25.8 Å². The number of nitrogens with zero attached hydrogens (tertiary/aromatic N) is 2. The summed E-state index contributed by atoms with van der Waals surface area (Å²) in [5, 5.41) is 1.13. The maximum atomic E-state index is 11.6. The molecule has 0 aliphatic heterocycles. The van der Waals surface area contributed by atoms with Gasteiger partial charge in [-0.2, -0.15) is 0 Å². The van der Waals surface area contributed by atoms with E-state index in [0.717, 1.165) is 41.6 Å². The van der Waals surface area contributed by atoms with Crippen LogP contribution in [0.3, 0.4) is 0 Å². The van der Waals surface area contributed by atoms with Crippen LogP contribution in [0, 0.1) is 0 Å². The fourth-order valence-corrected chi connectivity index (χ4v) is 3.20. The lowest BCUT2D eigenvalue weighted by atomic mass is 10.2. The number of ketones is 1. The van der Waals surface area contributed by atoms with Crippen LogP contribution in [0.15, 0.2) is 0 Å². The molecule has 1 aromatic heterocycles. The predicted molar refractivity (Wildman–Crippen MR) is 75.6 cm³/mol. The van der Waals surface area contributed by atoms with Gasteiger partial charge in [-0.05, 0) is 25.9 Å². The molecule has 0 N–H and O–H groups in total. The Bertz CT molecular complexity index is 419. The van der Waals surface area contributed by atoms with Crippen LogP contribution >= 0.6 is 11.3 Å². The standard InChI is InChI=1S/C14H22N2OS/c1-4-16(5-2)9-8-12-15-13(11-6-7-11)14(18-12)10(3)17/h11H,4-9H2,1-3H3. The number of rotatable bonds is 7. The van der Waals surface area contributed by atoms with E-state index in [-0.39, 0.29) is 5.78 Å². The highest BCUT2D eigenvalue weighted by atomic mass is 32.1. The average molecular weight is 266 g/mol. The second-order valence-electron chi connectivity index (χ2n) is 4.93. The van der Waals surface area contributed by atoms with Crippen LogP contribution < -0.4 is 0 Å². The zero-order valence-electron chi connectivity index (χ0n) is 11.5. The number of carbonyl (C=O) groups excluding carboxylic acids is 1. The van der Waals surface area contributed by atoms with Crippen LogP contribution in [0.5, 0.6) is 0 Å². The second-order valence-corrected chi connectivity index (χ2v) is 6.01. The predicted octanol–water partition coefficient (Wildman–Crippen LogP) is 3.11. The molecule has 0 radical (unpaired) electrons. The number of hydrogen-bond donors (Lipinski definition) is 0. The van der Waals surface area contributed by atoms with Crippen molar-refractivity contribution in [2.24, 2.45) is 0 Å². The van der Waals surface area contributed by atoms with Gasteiger partial charge in [0.25, 0.3) is 0 Å². The van der Waals surface area contributed by atoms with Crippen LogP contribution in [-0.2, 0) is 6.42 Å². The summed E-state index contributed by atoms with van der Waals surface area (Å²) in [6.45, 7) is 9.23. The number of Topliss-reactive ketones (excluding diaryl/α,β-unsaturated/α-hetero) is 1. The summed E-state index contributed by atoms with van der Waals surface area (Å²) in [7, 11) is 0. The number of thiazole rings is 1. The lowest BCUT2D eigenvalue weighted by Crippen LogP contribution is -2.25. The Hall–Kier alpha value is -0.740. The van der Waals surface area contributed by atoms with E-state index in [4.69, 9.17) is 4.98 Å². The van der Waals surface area contributed by atoms with Gasteiger partial charge in [-0.1, -0.05) is 13.8 Å². The highest BCUT2D eigenvalue weighted by Gasteiger charge is 2.30. The Kier molecular flexibility index (Phi) is 4.51. The van der Waals surface area contributed by atoms with Crippen molar-refractivity contribution in [1.82, 2.24) is 9.88 Å². The van der Waals surface area contributed by atoms with Crippen molar-refractivity contribution >= 4 is 17.1 Å². The molecule has 3 nitrogen and oxygen atoms in total. The molecule has 1 aliphatic rings. The quantitative estimate of drug-likeness (QED) is 0.711. The van der Waals surface area contributed by atoms with Gasteiger partial charge in [0.2, 0.25) is 0 Å². The maximum Gasteiger partial charge on any atom is 0.171 e. The van der Waals surface area contributed by atoms with E-state index in [0.29, 0.717) is 5.92 Å². The molecule has 1 fully saturated rings. The Balaban J connectivity index is 2.04. The van der Waals surface area contributed by atoms with E-state index in [2.05, 4.69) is 18.7 Å². The summed E-state index contributed by atoms with van der Waals surface area (Å²) in [5.41, 5.74) is 1.09. The van der Waals surface area contributed by atoms with E-state index in [1.165, 1.54) is 12.8 Å². The van der Waals surface area contributed by atoms with Gasteiger partial charge in [-0.15, -0.1) is 11.3 Å². The Morgan fingerprint density at radius 1 is 1.39 bits per heavy atom. The fourth-order valence-electron chi connectivity index (χ4n) is 2.16. The van der Waals surface area contributed by atoms with Crippen molar-refractivity contribution in [3.8, 4) is 0 Å². The van der Waals surface area contributed by atoms with Crippen LogP contribution in [-0.4, -0.2) is 35.3 Å². The SMILES string of the molecule is CCN(CC)CCc1nc(C2CC2)c(C(C)=O)s1. The molecule has 1 saturated carbocycles. The molecule has 1 heterocycles. The summed E-state index contributed by atoms with van der Waals surface area (Å²) in [4.78, 5) is 19.6. The van der Waals surface area contributed by atoms with Gasteiger partial charge in [-0.25, -0.2) is 4.98 Å². The van der Waals surface area contributed by atoms with Crippen LogP contribution in [0.4, 0.5) is 0 Å². The zero-order valence-corrected chi connectivity index (χ0v) is 12.3. The van der Waals surface area contributed by atoms with Crippen LogP contribution in [0.1, 0.15) is 59.9 Å². The molecule has 0 saturated heterocycles. The molecule has 100 valence electrons. The van der Waals surface area contributed by atoms with Crippen LogP contribution in [0.2, 0.25) is 0 Å². The lowest BCUT2D eigenvalue weighted by molar-refractivity contribution is 0.102. The smallest absolute Gasteiger partial charge is 0.171 e. The van der Waals surface area contributed by atoms with Crippen molar-refractivity contribution in [2.45, 2.75) is 46.0 Å². The molecule has 2 rings (SSSR count). The van der Waals surface area contributed by atoms with E-state index >= 15 is 0 Å². The topological polar surface area (TPSA) is 33.2 Å². The van der Waals surface area contributed by atoms with Gasteiger partial charge in [0.15, 0.2) is 5.78 Å². The Morgan fingerprint density at radius 3 is 2.56 bits per heavy atom. The summed E-state index contributed by atoms with van der Waals surface area (Å²) < 4.78 is 0. The number of aromatic nitrogens is 1. The molecular formula is C14H22N2OS. The molecule has 0 bridgehead atoms. The average Bonchev–Trinajstić information content (AvgIpc) is 3.11. The third-order valence-corrected chi connectivity index (χ3v) is 4.75. The largest absolute Gasteiger partial charge is 0.303 e. The number of hydrogen-bond acceptors (Lipinski definition) is 4. The van der Waals surface area contributed by atoms with Gasteiger partial charge in [0.1, 0.15) is 0 Å². The van der Waals surface area contributed by atoms with Crippen molar-refractivity contribution in [3.63, 3.8) is 0 Å². The highest BCUT2D eigenvalue weighted by molar-refractivity contribution is 7.13. The van der Waals surface area contributed by atoms with E-state index in [1.807, 2.05) is 0 Å². The molecule has 0 spiro atoms. The maximum absolute atomic E-state index is 11.6. The first-order valence-electron chi connectivity index (χ1n) is 6.88. The summed E-state index contributed by atoms with van der Waals surface area (Å²) in [6, 6.07) is 0. The molecule has 0 amide bonds.